The van der Waals surface area contributed by atoms with E-state index in [4.69, 9.17) is 12.2 Å². The summed E-state index contributed by atoms with van der Waals surface area (Å²) in [4.78, 5) is 22.4. The first-order valence-electron chi connectivity index (χ1n) is 7.54. The maximum Gasteiger partial charge on any atom is 0.271 e. The molecule has 7 nitrogen and oxygen atoms in total. The first kappa shape index (κ1) is 18.3. The number of anilines is 1. The molecular weight excluding hydrogens is 340 g/mol. The van der Waals surface area contributed by atoms with Crippen molar-refractivity contribution < 1.29 is 9.72 Å². The number of nitrogens with zero attached hydrogens (tertiary/aromatic N) is 1. The summed E-state index contributed by atoms with van der Waals surface area (Å²) >= 11 is 5.16. The van der Waals surface area contributed by atoms with Gasteiger partial charge in [0, 0.05) is 23.4 Å². The van der Waals surface area contributed by atoms with Gasteiger partial charge in [0.2, 0.25) is 0 Å². The van der Waals surface area contributed by atoms with E-state index in [1.807, 2.05) is 19.1 Å². The van der Waals surface area contributed by atoms with Crippen LogP contribution in [0, 0.1) is 17.0 Å². The third-order valence-electron chi connectivity index (χ3n) is 3.32. The van der Waals surface area contributed by atoms with E-state index in [1.54, 1.807) is 31.2 Å². The Bertz CT molecular complexity index is 793. The lowest BCUT2D eigenvalue weighted by atomic mass is 10.1. The van der Waals surface area contributed by atoms with E-state index < -0.39 is 11.1 Å². The smallest absolute Gasteiger partial charge is 0.271 e. The third-order valence-corrected chi connectivity index (χ3v) is 3.54. The lowest BCUT2D eigenvalue weighted by Gasteiger charge is -2.18. The van der Waals surface area contributed by atoms with Crippen LogP contribution in [0.2, 0.25) is 0 Å². The molecule has 2 rings (SSSR count). The molecule has 1 unspecified atom stereocenters. The Hall–Kier alpha value is -3.00. The molecule has 25 heavy (non-hydrogen) atoms. The van der Waals surface area contributed by atoms with Crippen molar-refractivity contribution in [1.29, 1.82) is 0 Å². The molecule has 0 fully saturated rings. The maximum atomic E-state index is 12.1. The van der Waals surface area contributed by atoms with Crippen molar-refractivity contribution in [3.05, 3.63) is 69.8 Å². The van der Waals surface area contributed by atoms with Crippen LogP contribution >= 0.6 is 12.2 Å². The zero-order valence-corrected chi connectivity index (χ0v) is 14.6. The highest BCUT2D eigenvalue weighted by Gasteiger charge is 2.11. The van der Waals surface area contributed by atoms with Gasteiger partial charge in [0.05, 0.1) is 11.1 Å². The highest BCUT2D eigenvalue weighted by molar-refractivity contribution is 7.80. The summed E-state index contributed by atoms with van der Waals surface area (Å²) in [5.74, 6) is -0.224. The molecular formula is C17H18N4O3S. The molecule has 130 valence electrons. The molecule has 0 aromatic heterocycles. The van der Waals surface area contributed by atoms with E-state index in [0.717, 1.165) is 5.56 Å². The first-order chi connectivity index (χ1) is 11.8. The van der Waals surface area contributed by atoms with Gasteiger partial charge < -0.3 is 16.0 Å². The zero-order chi connectivity index (χ0) is 18.4. The van der Waals surface area contributed by atoms with E-state index in [1.165, 1.54) is 12.1 Å². The first-order valence-corrected chi connectivity index (χ1v) is 7.95. The Morgan fingerprint density at radius 2 is 1.84 bits per heavy atom. The predicted molar refractivity (Wildman–Crippen MR) is 101 cm³/mol. The number of nitro groups is 1. The number of thiocarbonyl (C=S) groups is 1. The molecule has 0 saturated carbocycles. The zero-order valence-electron chi connectivity index (χ0n) is 13.8. The quantitative estimate of drug-likeness (QED) is 0.329. The lowest BCUT2D eigenvalue weighted by molar-refractivity contribution is -0.384. The lowest BCUT2D eigenvalue weighted by Crippen LogP contribution is -2.47. The number of amides is 1. The van der Waals surface area contributed by atoms with Crippen LogP contribution < -0.4 is 16.0 Å². The van der Waals surface area contributed by atoms with Gasteiger partial charge in [-0.3, -0.25) is 14.9 Å². The Morgan fingerprint density at radius 3 is 2.48 bits per heavy atom. The topological polar surface area (TPSA) is 96.3 Å². The van der Waals surface area contributed by atoms with Gasteiger partial charge in [-0.15, -0.1) is 0 Å². The van der Waals surface area contributed by atoms with Gasteiger partial charge in [0.25, 0.3) is 11.6 Å². The molecule has 3 N–H and O–H groups in total. The number of non-ortho nitro benzene ring substituents is 1. The summed E-state index contributed by atoms with van der Waals surface area (Å²) < 4.78 is 0. The van der Waals surface area contributed by atoms with Crippen LogP contribution in [0.1, 0.15) is 22.8 Å². The molecule has 0 bridgehead atoms. The van der Waals surface area contributed by atoms with Crippen molar-refractivity contribution in [2.75, 3.05) is 5.32 Å². The molecule has 2 aromatic carbocycles. The monoisotopic (exact) mass is 358 g/mol. The average molecular weight is 358 g/mol. The number of benzene rings is 2. The molecule has 1 atom stereocenters. The highest BCUT2D eigenvalue weighted by Crippen LogP contribution is 2.16. The van der Waals surface area contributed by atoms with Crippen LogP contribution in [0.25, 0.3) is 0 Å². The van der Waals surface area contributed by atoms with Crippen molar-refractivity contribution in [2.45, 2.75) is 20.0 Å². The highest BCUT2D eigenvalue weighted by atomic mass is 32.1. The van der Waals surface area contributed by atoms with Crippen LogP contribution in [-0.4, -0.2) is 22.1 Å². The second-order valence-corrected chi connectivity index (χ2v) is 5.88. The maximum absolute atomic E-state index is 12.1. The number of hydrogen-bond acceptors (Lipinski definition) is 4. The number of nitrogens with one attached hydrogen (secondary N) is 3. The molecule has 0 aliphatic heterocycles. The number of nitro benzene ring substituents is 1. The fourth-order valence-corrected chi connectivity index (χ4v) is 2.38. The Labute approximate surface area is 150 Å². The van der Waals surface area contributed by atoms with Gasteiger partial charge in [-0.2, -0.15) is 0 Å². The number of carbonyl (C=O) groups is 1. The Balaban J connectivity index is 1.89. The van der Waals surface area contributed by atoms with Crippen molar-refractivity contribution in [2.24, 2.45) is 0 Å². The van der Waals surface area contributed by atoms with Crippen molar-refractivity contribution in [3.63, 3.8) is 0 Å². The summed E-state index contributed by atoms with van der Waals surface area (Å²) in [6.07, 6.45) is -0.424. The number of hydrogen-bond donors (Lipinski definition) is 3. The molecule has 0 saturated heterocycles. The third kappa shape index (κ3) is 5.54. The van der Waals surface area contributed by atoms with Crippen molar-refractivity contribution >= 4 is 34.6 Å². The molecule has 2 aromatic rings. The van der Waals surface area contributed by atoms with Crippen molar-refractivity contribution in [1.82, 2.24) is 10.6 Å². The van der Waals surface area contributed by atoms with E-state index in [-0.39, 0.29) is 16.7 Å². The predicted octanol–water partition coefficient (Wildman–Crippen LogP) is 2.97. The average Bonchev–Trinajstić information content (AvgIpc) is 2.55. The van der Waals surface area contributed by atoms with Crippen LogP contribution in [0.4, 0.5) is 11.4 Å². The largest absolute Gasteiger partial charge is 0.343 e. The fraction of sp³-hybridized carbons (Fsp3) is 0.176. The summed E-state index contributed by atoms with van der Waals surface area (Å²) in [6.45, 7) is 3.69. The molecule has 1 amide bonds. The van der Waals surface area contributed by atoms with Gasteiger partial charge in [-0.1, -0.05) is 23.8 Å². The molecule has 0 spiro atoms. The number of aryl methyl sites for hydroxylation is 1. The van der Waals surface area contributed by atoms with Crippen LogP contribution in [0.3, 0.4) is 0 Å². The Kier molecular flexibility index (Phi) is 6.02. The van der Waals surface area contributed by atoms with Crippen LogP contribution in [0.5, 0.6) is 0 Å². The molecule has 0 aliphatic rings. The molecule has 8 heteroatoms. The minimum atomic E-state index is -0.480. The second kappa shape index (κ2) is 8.20. The molecule has 0 heterocycles. The summed E-state index contributed by atoms with van der Waals surface area (Å²) in [5.41, 5.74) is 2.08. The summed E-state index contributed by atoms with van der Waals surface area (Å²) in [7, 11) is 0. The summed E-state index contributed by atoms with van der Waals surface area (Å²) in [6, 6.07) is 13.2. The number of rotatable bonds is 5. The van der Waals surface area contributed by atoms with Crippen molar-refractivity contribution in [3.8, 4) is 0 Å². The normalized spacial score (nSPS) is 11.3. The van der Waals surface area contributed by atoms with Crippen LogP contribution in [-0.2, 0) is 0 Å². The molecule has 0 radical (unpaired) electrons. The van der Waals surface area contributed by atoms with Gasteiger partial charge >= 0.3 is 0 Å². The van der Waals surface area contributed by atoms with Gasteiger partial charge in [0.1, 0.15) is 0 Å². The fourth-order valence-electron chi connectivity index (χ4n) is 2.08. The minimum Gasteiger partial charge on any atom is -0.343 e. The second-order valence-electron chi connectivity index (χ2n) is 5.47. The molecule has 0 aliphatic carbocycles. The van der Waals surface area contributed by atoms with Gasteiger partial charge in [0.15, 0.2) is 5.11 Å². The van der Waals surface area contributed by atoms with Gasteiger partial charge in [-0.05, 0) is 44.3 Å². The SMILES string of the molecule is Cc1ccc(C(=O)NC(C)NC(=S)Nc2cccc([N+](=O)[O-])c2)cc1. The van der Waals surface area contributed by atoms with E-state index in [0.29, 0.717) is 11.3 Å². The van der Waals surface area contributed by atoms with E-state index in [9.17, 15) is 14.9 Å². The van der Waals surface area contributed by atoms with Crippen LogP contribution in [0.15, 0.2) is 48.5 Å². The number of carbonyl (C=O) groups excluding carboxylic acids is 1. The Morgan fingerprint density at radius 1 is 1.16 bits per heavy atom. The van der Waals surface area contributed by atoms with E-state index in [2.05, 4.69) is 16.0 Å². The standard InChI is InChI=1S/C17H18N4O3S/c1-11-6-8-13(9-7-11)16(22)18-12(2)19-17(25)20-14-4-3-5-15(10-14)21(23)24/h3-10,12H,1-2H3,(H,18,22)(H2,19,20,25). The van der Waals surface area contributed by atoms with Gasteiger partial charge in [-0.25, -0.2) is 0 Å². The minimum absolute atomic E-state index is 0.0338. The summed E-state index contributed by atoms with van der Waals surface area (Å²) in [5, 5.41) is 19.6. The van der Waals surface area contributed by atoms with E-state index >= 15 is 0 Å².